The van der Waals surface area contributed by atoms with E-state index in [0.717, 1.165) is 5.56 Å². The first-order valence-corrected chi connectivity index (χ1v) is 8.15. The molecule has 0 spiro atoms. The van der Waals surface area contributed by atoms with Crippen molar-refractivity contribution in [3.05, 3.63) is 59.8 Å². The lowest BCUT2D eigenvalue weighted by molar-refractivity contribution is -0.136. The minimum absolute atomic E-state index is 0.00277. The number of esters is 1. The number of rotatable bonds is 7. The van der Waals surface area contributed by atoms with Crippen molar-refractivity contribution in [1.29, 1.82) is 0 Å². The van der Waals surface area contributed by atoms with E-state index in [1.807, 2.05) is 44.2 Å². The molecule has 0 aliphatic heterocycles. The molecular weight excluding hydrogens is 318 g/mol. The summed E-state index contributed by atoms with van der Waals surface area (Å²) in [5.74, 6) is -0.139. The number of nitrogens with one attached hydrogen (secondary N) is 1. The second kappa shape index (κ2) is 8.82. The van der Waals surface area contributed by atoms with E-state index in [4.69, 9.17) is 4.74 Å². The molecule has 6 nitrogen and oxygen atoms in total. The van der Waals surface area contributed by atoms with Gasteiger partial charge in [-0.2, -0.15) is 0 Å². The SMILES string of the molecule is CNc1ccc(C(=O)OCC(=O)N(Cc2ccccc2)C(C)C)cn1. The summed E-state index contributed by atoms with van der Waals surface area (Å²) < 4.78 is 5.14. The number of pyridine rings is 1. The monoisotopic (exact) mass is 341 g/mol. The van der Waals surface area contributed by atoms with Crippen molar-refractivity contribution in [3.63, 3.8) is 0 Å². The van der Waals surface area contributed by atoms with Crippen LogP contribution in [0.1, 0.15) is 29.8 Å². The van der Waals surface area contributed by atoms with Gasteiger partial charge in [-0.1, -0.05) is 30.3 Å². The van der Waals surface area contributed by atoms with Gasteiger partial charge in [-0.3, -0.25) is 4.79 Å². The third kappa shape index (κ3) is 5.31. The zero-order chi connectivity index (χ0) is 18.2. The van der Waals surface area contributed by atoms with Gasteiger partial charge >= 0.3 is 5.97 Å². The van der Waals surface area contributed by atoms with Crippen molar-refractivity contribution in [3.8, 4) is 0 Å². The summed E-state index contributed by atoms with van der Waals surface area (Å²) in [7, 11) is 1.74. The smallest absolute Gasteiger partial charge is 0.340 e. The van der Waals surface area contributed by atoms with Gasteiger partial charge < -0.3 is 15.0 Å². The number of anilines is 1. The molecule has 0 atom stereocenters. The van der Waals surface area contributed by atoms with E-state index in [1.165, 1.54) is 6.20 Å². The Bertz CT molecular complexity index is 700. The summed E-state index contributed by atoms with van der Waals surface area (Å²) in [6.07, 6.45) is 1.42. The number of benzene rings is 1. The number of amides is 1. The third-order valence-electron chi connectivity index (χ3n) is 3.72. The highest BCUT2D eigenvalue weighted by Crippen LogP contribution is 2.10. The van der Waals surface area contributed by atoms with E-state index in [2.05, 4.69) is 10.3 Å². The summed E-state index contributed by atoms with van der Waals surface area (Å²) in [5, 5.41) is 2.87. The van der Waals surface area contributed by atoms with Crippen LogP contribution in [0, 0.1) is 0 Å². The van der Waals surface area contributed by atoms with E-state index in [9.17, 15) is 9.59 Å². The van der Waals surface area contributed by atoms with Crippen LogP contribution < -0.4 is 5.32 Å². The lowest BCUT2D eigenvalue weighted by Crippen LogP contribution is -2.39. The van der Waals surface area contributed by atoms with Crippen molar-refractivity contribution in [2.24, 2.45) is 0 Å². The molecule has 1 aromatic heterocycles. The van der Waals surface area contributed by atoms with Crippen LogP contribution in [0.2, 0.25) is 0 Å². The lowest BCUT2D eigenvalue weighted by Gasteiger charge is -2.26. The maximum Gasteiger partial charge on any atom is 0.340 e. The number of hydrogen-bond donors (Lipinski definition) is 1. The van der Waals surface area contributed by atoms with E-state index in [0.29, 0.717) is 17.9 Å². The quantitative estimate of drug-likeness (QED) is 0.784. The van der Waals surface area contributed by atoms with Crippen molar-refractivity contribution in [2.45, 2.75) is 26.4 Å². The second-order valence-electron chi connectivity index (χ2n) is 5.86. The highest BCUT2D eigenvalue weighted by atomic mass is 16.5. The molecular formula is C19H23N3O3. The van der Waals surface area contributed by atoms with Crippen molar-refractivity contribution < 1.29 is 14.3 Å². The predicted molar refractivity (Wildman–Crippen MR) is 96.2 cm³/mol. The van der Waals surface area contributed by atoms with Gasteiger partial charge in [0.1, 0.15) is 5.82 Å². The molecule has 2 rings (SSSR count). The number of aromatic nitrogens is 1. The molecule has 0 aliphatic rings. The molecule has 0 aliphatic carbocycles. The molecule has 0 bridgehead atoms. The lowest BCUT2D eigenvalue weighted by atomic mass is 10.2. The van der Waals surface area contributed by atoms with Gasteiger partial charge in [-0.15, -0.1) is 0 Å². The zero-order valence-electron chi connectivity index (χ0n) is 14.7. The van der Waals surface area contributed by atoms with Crippen LogP contribution >= 0.6 is 0 Å². The first-order valence-electron chi connectivity index (χ1n) is 8.15. The van der Waals surface area contributed by atoms with Crippen LogP contribution in [0.5, 0.6) is 0 Å². The summed E-state index contributed by atoms with van der Waals surface area (Å²) in [4.78, 5) is 30.2. The Kier molecular flexibility index (Phi) is 6.51. The van der Waals surface area contributed by atoms with Crippen molar-refractivity contribution >= 4 is 17.7 Å². The average Bonchev–Trinajstić information content (AvgIpc) is 2.64. The Hall–Kier alpha value is -2.89. The molecule has 0 fully saturated rings. The molecule has 25 heavy (non-hydrogen) atoms. The van der Waals surface area contributed by atoms with Crippen LogP contribution in [0.3, 0.4) is 0 Å². The van der Waals surface area contributed by atoms with Crippen LogP contribution in [0.25, 0.3) is 0 Å². The first-order chi connectivity index (χ1) is 12.0. The van der Waals surface area contributed by atoms with E-state index >= 15 is 0 Å². The minimum Gasteiger partial charge on any atom is -0.452 e. The molecule has 6 heteroatoms. The van der Waals surface area contributed by atoms with Crippen LogP contribution in [-0.2, 0) is 16.1 Å². The van der Waals surface area contributed by atoms with Crippen LogP contribution in [0.4, 0.5) is 5.82 Å². The predicted octanol–water partition coefficient (Wildman–Crippen LogP) is 2.72. The molecule has 0 saturated heterocycles. The normalized spacial score (nSPS) is 10.4. The number of nitrogens with zero attached hydrogens (tertiary/aromatic N) is 2. The fourth-order valence-electron chi connectivity index (χ4n) is 2.29. The molecule has 0 radical (unpaired) electrons. The molecule has 1 N–H and O–H groups in total. The largest absolute Gasteiger partial charge is 0.452 e. The van der Waals surface area contributed by atoms with Gasteiger partial charge in [0.2, 0.25) is 0 Å². The van der Waals surface area contributed by atoms with Gasteiger partial charge in [-0.05, 0) is 31.5 Å². The fourth-order valence-corrected chi connectivity index (χ4v) is 2.29. The highest BCUT2D eigenvalue weighted by molar-refractivity contribution is 5.91. The number of carbonyl (C=O) groups excluding carboxylic acids is 2. The minimum atomic E-state index is -0.563. The van der Waals surface area contributed by atoms with Crippen LogP contribution in [0.15, 0.2) is 48.7 Å². The van der Waals surface area contributed by atoms with Gasteiger partial charge in [0, 0.05) is 25.8 Å². The molecule has 2 aromatic rings. The standard InChI is InChI=1S/C19H23N3O3/c1-14(2)22(12-15-7-5-4-6-8-15)18(23)13-25-19(24)16-9-10-17(20-3)21-11-16/h4-11,14H,12-13H2,1-3H3,(H,20,21). The maximum absolute atomic E-state index is 12.4. The molecule has 1 aromatic carbocycles. The Morgan fingerprint density at radius 3 is 2.44 bits per heavy atom. The van der Waals surface area contributed by atoms with Gasteiger partial charge in [0.05, 0.1) is 5.56 Å². The van der Waals surface area contributed by atoms with Crippen LogP contribution in [-0.4, -0.2) is 41.5 Å². The average molecular weight is 341 g/mol. The molecule has 0 unspecified atom stereocenters. The fraction of sp³-hybridized carbons (Fsp3) is 0.316. The first kappa shape index (κ1) is 18.4. The molecule has 0 saturated carbocycles. The molecule has 1 amide bonds. The third-order valence-corrected chi connectivity index (χ3v) is 3.72. The molecule has 1 heterocycles. The van der Waals surface area contributed by atoms with E-state index in [1.54, 1.807) is 24.1 Å². The number of hydrogen-bond acceptors (Lipinski definition) is 5. The van der Waals surface area contributed by atoms with Gasteiger partial charge in [0.25, 0.3) is 5.91 Å². The van der Waals surface area contributed by atoms with Crippen molar-refractivity contribution in [1.82, 2.24) is 9.88 Å². The Morgan fingerprint density at radius 2 is 1.88 bits per heavy atom. The number of ether oxygens (including phenoxy) is 1. The van der Waals surface area contributed by atoms with Crippen molar-refractivity contribution in [2.75, 3.05) is 19.0 Å². The van der Waals surface area contributed by atoms with E-state index < -0.39 is 5.97 Å². The van der Waals surface area contributed by atoms with Gasteiger partial charge in [0.15, 0.2) is 6.61 Å². The Balaban J connectivity index is 1.94. The zero-order valence-corrected chi connectivity index (χ0v) is 14.7. The van der Waals surface area contributed by atoms with E-state index in [-0.39, 0.29) is 18.6 Å². The highest BCUT2D eigenvalue weighted by Gasteiger charge is 2.19. The topological polar surface area (TPSA) is 71.5 Å². The maximum atomic E-state index is 12.4. The van der Waals surface area contributed by atoms with Gasteiger partial charge in [-0.25, -0.2) is 9.78 Å². The summed E-state index contributed by atoms with van der Waals surface area (Å²) in [6, 6.07) is 13.0. The second-order valence-corrected chi connectivity index (χ2v) is 5.86. The summed E-state index contributed by atoms with van der Waals surface area (Å²) in [5.41, 5.74) is 1.34. The summed E-state index contributed by atoms with van der Waals surface area (Å²) in [6.45, 7) is 4.05. The summed E-state index contributed by atoms with van der Waals surface area (Å²) >= 11 is 0. The number of carbonyl (C=O) groups is 2. The Morgan fingerprint density at radius 1 is 1.16 bits per heavy atom. The molecule has 132 valence electrons. The Labute approximate surface area is 147 Å².